The number of fused-ring (bicyclic) bond motifs is 1. The van der Waals surface area contributed by atoms with Crippen molar-refractivity contribution in [2.24, 2.45) is 0 Å². The minimum Gasteiger partial charge on any atom is -0.507 e. The van der Waals surface area contributed by atoms with Crippen LogP contribution in [0.25, 0.3) is 5.76 Å². The number of aliphatic hydroxyl groups excluding tert-OH is 1. The Morgan fingerprint density at radius 1 is 1.28 bits per heavy atom. The average Bonchev–Trinajstić information content (AvgIpc) is 3.57. The first-order chi connectivity index (χ1) is 15.5. The van der Waals surface area contributed by atoms with Gasteiger partial charge in [-0.15, -0.1) is 11.3 Å². The number of rotatable bonds is 6. The van der Waals surface area contributed by atoms with Gasteiger partial charge >= 0.3 is 0 Å². The first-order valence-electron chi connectivity index (χ1n) is 10.6. The molecule has 0 unspecified atom stereocenters. The molecule has 7 nitrogen and oxygen atoms in total. The van der Waals surface area contributed by atoms with E-state index < -0.39 is 17.7 Å². The molecule has 4 heterocycles. The Bertz CT molecular complexity index is 1180. The van der Waals surface area contributed by atoms with Gasteiger partial charge in [0.2, 0.25) is 0 Å². The highest BCUT2D eigenvalue weighted by Gasteiger charge is 2.46. The van der Waals surface area contributed by atoms with Gasteiger partial charge in [-0.05, 0) is 48.6 Å². The number of likely N-dealkylation sites (tertiary alicyclic amines) is 1. The number of ether oxygens (including phenoxy) is 1. The lowest BCUT2D eigenvalue weighted by molar-refractivity contribution is -0.139. The van der Waals surface area contributed by atoms with Crippen LogP contribution in [-0.2, 0) is 22.6 Å². The lowest BCUT2D eigenvalue weighted by atomic mass is 9.98. The van der Waals surface area contributed by atoms with Gasteiger partial charge < -0.3 is 19.3 Å². The van der Waals surface area contributed by atoms with Crippen LogP contribution in [0.3, 0.4) is 0 Å². The number of aryl methyl sites for hydroxylation is 1. The number of ketones is 1. The van der Waals surface area contributed by atoms with E-state index >= 15 is 0 Å². The van der Waals surface area contributed by atoms with Gasteiger partial charge in [0, 0.05) is 42.3 Å². The lowest BCUT2D eigenvalue weighted by Crippen LogP contribution is -2.31. The van der Waals surface area contributed by atoms with Gasteiger partial charge in [-0.2, -0.15) is 0 Å². The van der Waals surface area contributed by atoms with Crippen molar-refractivity contribution >= 4 is 28.8 Å². The zero-order valence-electron chi connectivity index (χ0n) is 17.6. The summed E-state index contributed by atoms with van der Waals surface area (Å²) in [6, 6.07) is 8.60. The number of hydrogen-bond donors (Lipinski definition) is 1. The van der Waals surface area contributed by atoms with Crippen LogP contribution in [0, 0.1) is 0 Å². The molecular formula is C24H23N3O4S. The van der Waals surface area contributed by atoms with Crippen molar-refractivity contribution in [1.29, 1.82) is 0 Å². The Labute approximate surface area is 189 Å². The van der Waals surface area contributed by atoms with E-state index in [1.165, 1.54) is 11.3 Å². The number of benzene rings is 1. The molecule has 164 valence electrons. The van der Waals surface area contributed by atoms with E-state index in [4.69, 9.17) is 4.74 Å². The molecule has 2 aliphatic heterocycles. The normalized spacial score (nSPS) is 21.7. The van der Waals surface area contributed by atoms with E-state index in [1.54, 1.807) is 23.5 Å². The number of nitrogens with zero attached hydrogens (tertiary/aromatic N) is 3. The smallest absolute Gasteiger partial charge is 0.295 e. The number of hydrogen-bond acceptors (Lipinski definition) is 6. The SMILES string of the molecule is C[C@@H]1Cc2cc(/C(O)=C3\C(=O)C(=O)N(CCCn4ccnc4)[C@H]3c3cccs3)ccc2O1. The number of Topliss-reactive ketones (excluding diaryl/α,β-unsaturated/α-hetero) is 1. The second kappa shape index (κ2) is 8.27. The molecule has 0 aliphatic carbocycles. The summed E-state index contributed by atoms with van der Waals surface area (Å²) in [5.74, 6) is -0.563. The van der Waals surface area contributed by atoms with Crippen molar-refractivity contribution in [2.75, 3.05) is 6.54 Å². The molecule has 1 saturated heterocycles. The number of thiophene rings is 1. The van der Waals surface area contributed by atoms with E-state index in [9.17, 15) is 14.7 Å². The molecule has 5 rings (SSSR count). The summed E-state index contributed by atoms with van der Waals surface area (Å²) < 4.78 is 7.68. The minimum absolute atomic E-state index is 0.0783. The van der Waals surface area contributed by atoms with Crippen LogP contribution in [0.1, 0.15) is 35.4 Å². The fourth-order valence-corrected chi connectivity index (χ4v) is 5.27. The molecule has 0 spiro atoms. The molecule has 0 saturated carbocycles. The topological polar surface area (TPSA) is 84.7 Å². The molecule has 0 bridgehead atoms. The average molecular weight is 450 g/mol. The summed E-state index contributed by atoms with van der Waals surface area (Å²) in [5.41, 5.74) is 1.66. The molecule has 3 aromatic rings. The number of imidazole rings is 1. The van der Waals surface area contributed by atoms with Gasteiger partial charge in [-0.25, -0.2) is 4.98 Å². The van der Waals surface area contributed by atoms with Crippen LogP contribution < -0.4 is 4.74 Å². The third-order valence-corrected chi connectivity index (χ3v) is 6.82. The summed E-state index contributed by atoms with van der Waals surface area (Å²) in [6.45, 7) is 3.08. The summed E-state index contributed by atoms with van der Waals surface area (Å²) in [5, 5.41) is 13.1. The fraction of sp³-hybridized carbons (Fsp3) is 0.292. The van der Waals surface area contributed by atoms with Gasteiger partial charge in [0.25, 0.3) is 11.7 Å². The third kappa shape index (κ3) is 3.60. The first kappa shape index (κ1) is 20.5. The molecule has 32 heavy (non-hydrogen) atoms. The maximum absolute atomic E-state index is 13.1. The maximum atomic E-state index is 13.1. The second-order valence-corrected chi connectivity index (χ2v) is 9.10. The van der Waals surface area contributed by atoms with Gasteiger partial charge in [0.1, 0.15) is 17.6 Å². The molecule has 1 aromatic carbocycles. The Morgan fingerprint density at radius 2 is 2.16 bits per heavy atom. The van der Waals surface area contributed by atoms with Crippen LogP contribution >= 0.6 is 11.3 Å². The number of aliphatic hydroxyl groups is 1. The Morgan fingerprint density at radius 3 is 2.91 bits per heavy atom. The van der Waals surface area contributed by atoms with Crippen LogP contribution in [0.4, 0.5) is 0 Å². The largest absolute Gasteiger partial charge is 0.507 e. The highest BCUT2D eigenvalue weighted by atomic mass is 32.1. The van der Waals surface area contributed by atoms with Gasteiger partial charge in [0.05, 0.1) is 17.9 Å². The molecule has 0 radical (unpaired) electrons. The number of carbonyl (C=O) groups excluding carboxylic acids is 2. The Hall–Kier alpha value is -3.39. The molecule has 1 N–H and O–H groups in total. The molecule has 8 heteroatoms. The van der Waals surface area contributed by atoms with Crippen LogP contribution in [0.5, 0.6) is 5.75 Å². The number of carbonyl (C=O) groups is 2. The van der Waals surface area contributed by atoms with Crippen molar-refractivity contribution in [1.82, 2.24) is 14.5 Å². The van der Waals surface area contributed by atoms with Gasteiger partial charge in [-0.3, -0.25) is 9.59 Å². The Balaban J connectivity index is 1.49. The number of aromatic nitrogens is 2. The monoisotopic (exact) mass is 449 g/mol. The van der Waals surface area contributed by atoms with E-state index in [0.717, 1.165) is 22.6 Å². The summed E-state index contributed by atoms with van der Waals surface area (Å²) in [6.07, 6.45) is 6.79. The van der Waals surface area contributed by atoms with Gasteiger partial charge in [-0.1, -0.05) is 6.07 Å². The van der Waals surface area contributed by atoms with Crippen molar-refractivity contribution in [2.45, 2.75) is 38.5 Å². The number of amides is 1. The Kier molecular flexibility index (Phi) is 5.30. The predicted octanol–water partition coefficient (Wildman–Crippen LogP) is 3.78. The summed E-state index contributed by atoms with van der Waals surface area (Å²) >= 11 is 1.47. The quantitative estimate of drug-likeness (QED) is 0.352. The summed E-state index contributed by atoms with van der Waals surface area (Å²) in [7, 11) is 0. The van der Waals surface area contributed by atoms with E-state index in [1.807, 2.05) is 47.3 Å². The minimum atomic E-state index is -0.645. The predicted molar refractivity (Wildman–Crippen MR) is 120 cm³/mol. The van der Waals surface area contributed by atoms with Gasteiger partial charge in [0.15, 0.2) is 0 Å². The van der Waals surface area contributed by atoms with E-state index in [-0.39, 0.29) is 17.4 Å². The van der Waals surface area contributed by atoms with E-state index in [2.05, 4.69) is 4.98 Å². The molecule has 2 atom stereocenters. The van der Waals surface area contributed by atoms with Crippen molar-refractivity contribution in [3.63, 3.8) is 0 Å². The standard InChI is InChI=1S/C24H23N3O4S/c1-15-12-17-13-16(5-6-18(17)31-15)22(28)20-21(19-4-2-11-32-19)27(24(30)23(20)29)9-3-8-26-10-7-25-14-26/h2,4-7,10-11,13-15,21,28H,3,8-9,12H2,1H3/b22-20+/t15-,21+/m1/s1. The second-order valence-electron chi connectivity index (χ2n) is 8.12. The van der Waals surface area contributed by atoms with Crippen molar-refractivity contribution < 1.29 is 19.4 Å². The molecule has 1 fully saturated rings. The highest BCUT2D eigenvalue weighted by molar-refractivity contribution is 7.10. The van der Waals surface area contributed by atoms with Crippen molar-refractivity contribution in [3.8, 4) is 5.75 Å². The first-order valence-corrected chi connectivity index (χ1v) is 11.5. The van der Waals surface area contributed by atoms with E-state index in [0.29, 0.717) is 25.1 Å². The zero-order chi connectivity index (χ0) is 22.2. The van der Waals surface area contributed by atoms with Crippen LogP contribution in [-0.4, -0.2) is 43.9 Å². The molecular weight excluding hydrogens is 426 g/mol. The van der Waals surface area contributed by atoms with Crippen LogP contribution in [0.2, 0.25) is 0 Å². The molecule has 1 amide bonds. The lowest BCUT2D eigenvalue weighted by Gasteiger charge is -2.24. The molecule has 2 aromatic heterocycles. The highest BCUT2D eigenvalue weighted by Crippen LogP contribution is 2.42. The fourth-order valence-electron chi connectivity index (χ4n) is 4.42. The van der Waals surface area contributed by atoms with Crippen LogP contribution in [0.15, 0.2) is 60.0 Å². The molecule has 2 aliphatic rings. The van der Waals surface area contributed by atoms with Crippen molar-refractivity contribution in [3.05, 3.63) is 76.0 Å². The maximum Gasteiger partial charge on any atom is 0.295 e. The third-order valence-electron chi connectivity index (χ3n) is 5.90. The zero-order valence-corrected chi connectivity index (χ0v) is 18.4. The summed E-state index contributed by atoms with van der Waals surface area (Å²) in [4.78, 5) is 32.5.